The molecule has 1 fully saturated rings. The standard InChI is InChI=1S/C15H26N4O2/c1-4-15(14(20)21)5-7-18(8-6-15)10-13-16-11-17-19(13)9-12(2)3/h11-12H,4-10H2,1-3H3,(H,20,21). The average Bonchev–Trinajstić information content (AvgIpc) is 2.86. The number of carboxylic acid groups (broad SMARTS) is 1. The minimum absolute atomic E-state index is 0.526. The van der Waals surface area contributed by atoms with Crippen LogP contribution in [0.1, 0.15) is 45.9 Å². The second kappa shape index (κ2) is 6.56. The molecule has 0 aliphatic carbocycles. The van der Waals surface area contributed by atoms with E-state index in [-0.39, 0.29) is 0 Å². The van der Waals surface area contributed by atoms with Crippen LogP contribution >= 0.6 is 0 Å². The van der Waals surface area contributed by atoms with Crippen molar-refractivity contribution in [1.29, 1.82) is 0 Å². The lowest BCUT2D eigenvalue weighted by Gasteiger charge is -2.38. The second-order valence-corrected chi connectivity index (χ2v) is 6.47. The van der Waals surface area contributed by atoms with E-state index in [2.05, 4.69) is 28.8 Å². The smallest absolute Gasteiger partial charge is 0.309 e. The molecule has 0 radical (unpaired) electrons. The molecule has 1 saturated heterocycles. The lowest BCUT2D eigenvalue weighted by atomic mass is 9.76. The van der Waals surface area contributed by atoms with Crippen molar-refractivity contribution in [3.8, 4) is 0 Å². The molecule has 2 rings (SSSR count). The summed E-state index contributed by atoms with van der Waals surface area (Å²) in [7, 11) is 0. The molecule has 0 aromatic carbocycles. The van der Waals surface area contributed by atoms with E-state index in [1.807, 2.05) is 11.6 Å². The van der Waals surface area contributed by atoms with Crippen LogP contribution in [0.25, 0.3) is 0 Å². The Bertz CT molecular complexity index is 476. The predicted molar refractivity (Wildman–Crippen MR) is 79.7 cm³/mol. The van der Waals surface area contributed by atoms with Crippen LogP contribution in [-0.4, -0.2) is 43.8 Å². The number of rotatable bonds is 6. The fourth-order valence-electron chi connectivity index (χ4n) is 2.97. The molecule has 1 N–H and O–H groups in total. The maximum atomic E-state index is 11.5. The summed E-state index contributed by atoms with van der Waals surface area (Å²) in [6.07, 6.45) is 3.75. The average molecular weight is 294 g/mol. The summed E-state index contributed by atoms with van der Waals surface area (Å²) in [5.41, 5.74) is -0.526. The van der Waals surface area contributed by atoms with Gasteiger partial charge in [-0.25, -0.2) is 9.67 Å². The maximum Gasteiger partial charge on any atom is 0.309 e. The van der Waals surface area contributed by atoms with Crippen LogP contribution in [0.2, 0.25) is 0 Å². The molecule has 0 atom stereocenters. The second-order valence-electron chi connectivity index (χ2n) is 6.47. The molecule has 0 saturated carbocycles. The zero-order chi connectivity index (χ0) is 15.5. The third-order valence-electron chi connectivity index (χ3n) is 4.54. The largest absolute Gasteiger partial charge is 0.481 e. The first kappa shape index (κ1) is 15.9. The highest BCUT2D eigenvalue weighted by molar-refractivity contribution is 5.74. The van der Waals surface area contributed by atoms with Gasteiger partial charge in [-0.05, 0) is 38.3 Å². The van der Waals surface area contributed by atoms with Gasteiger partial charge in [0.05, 0.1) is 12.0 Å². The first-order valence-electron chi connectivity index (χ1n) is 7.79. The van der Waals surface area contributed by atoms with E-state index in [4.69, 9.17) is 0 Å². The number of carboxylic acids is 1. The highest BCUT2D eigenvalue weighted by Gasteiger charge is 2.39. The molecule has 0 bridgehead atoms. The van der Waals surface area contributed by atoms with E-state index in [9.17, 15) is 9.90 Å². The van der Waals surface area contributed by atoms with Crippen LogP contribution < -0.4 is 0 Å². The lowest BCUT2D eigenvalue weighted by molar-refractivity contribution is -0.152. The zero-order valence-corrected chi connectivity index (χ0v) is 13.2. The Morgan fingerprint density at radius 1 is 1.43 bits per heavy atom. The van der Waals surface area contributed by atoms with Gasteiger partial charge in [0, 0.05) is 6.54 Å². The highest BCUT2D eigenvalue weighted by Crippen LogP contribution is 2.35. The van der Waals surface area contributed by atoms with Crippen LogP contribution in [0.5, 0.6) is 0 Å². The Balaban J connectivity index is 1.95. The molecule has 6 heteroatoms. The number of likely N-dealkylation sites (tertiary alicyclic amines) is 1. The van der Waals surface area contributed by atoms with E-state index in [1.165, 1.54) is 0 Å². The van der Waals surface area contributed by atoms with Crippen LogP contribution in [-0.2, 0) is 17.9 Å². The molecular formula is C15H26N4O2. The minimum atomic E-state index is -0.646. The number of aromatic nitrogens is 3. The van der Waals surface area contributed by atoms with Crippen LogP contribution in [0.15, 0.2) is 6.33 Å². The monoisotopic (exact) mass is 294 g/mol. The Kier molecular flexibility index (Phi) is 4.98. The van der Waals surface area contributed by atoms with Crippen molar-refractivity contribution in [2.45, 2.75) is 53.1 Å². The fourth-order valence-corrected chi connectivity index (χ4v) is 2.97. The van der Waals surface area contributed by atoms with Crippen molar-refractivity contribution >= 4 is 5.97 Å². The van der Waals surface area contributed by atoms with E-state index in [0.29, 0.717) is 12.3 Å². The Morgan fingerprint density at radius 3 is 2.62 bits per heavy atom. The van der Waals surface area contributed by atoms with E-state index < -0.39 is 11.4 Å². The summed E-state index contributed by atoms with van der Waals surface area (Å²) in [6, 6.07) is 0. The third-order valence-corrected chi connectivity index (χ3v) is 4.54. The molecule has 1 aliphatic heterocycles. The molecule has 21 heavy (non-hydrogen) atoms. The van der Waals surface area contributed by atoms with Crippen LogP contribution in [0.4, 0.5) is 0 Å². The van der Waals surface area contributed by atoms with Gasteiger partial charge in [0.15, 0.2) is 0 Å². The molecule has 0 amide bonds. The Morgan fingerprint density at radius 2 is 2.10 bits per heavy atom. The van der Waals surface area contributed by atoms with Gasteiger partial charge in [-0.15, -0.1) is 0 Å². The van der Waals surface area contributed by atoms with Gasteiger partial charge in [0.2, 0.25) is 0 Å². The molecule has 0 unspecified atom stereocenters. The van der Waals surface area contributed by atoms with Crippen molar-refractivity contribution in [1.82, 2.24) is 19.7 Å². The van der Waals surface area contributed by atoms with Crippen molar-refractivity contribution in [2.24, 2.45) is 11.3 Å². The topological polar surface area (TPSA) is 71.2 Å². The molecule has 1 aliphatic rings. The number of carbonyl (C=O) groups is 1. The summed E-state index contributed by atoms with van der Waals surface area (Å²) in [6.45, 7) is 9.55. The Labute approximate surface area is 126 Å². The van der Waals surface area contributed by atoms with Crippen molar-refractivity contribution < 1.29 is 9.90 Å². The van der Waals surface area contributed by atoms with Crippen LogP contribution in [0.3, 0.4) is 0 Å². The number of hydrogen-bond donors (Lipinski definition) is 1. The molecule has 1 aromatic heterocycles. The van der Waals surface area contributed by atoms with Crippen molar-refractivity contribution in [3.63, 3.8) is 0 Å². The molecule has 6 nitrogen and oxygen atoms in total. The summed E-state index contributed by atoms with van der Waals surface area (Å²) in [5.74, 6) is 0.863. The summed E-state index contributed by atoms with van der Waals surface area (Å²) in [4.78, 5) is 18.1. The predicted octanol–water partition coefficient (Wildman–Crippen LogP) is 2.01. The van der Waals surface area contributed by atoms with Crippen molar-refractivity contribution in [3.05, 3.63) is 12.2 Å². The first-order chi connectivity index (χ1) is 9.97. The zero-order valence-electron chi connectivity index (χ0n) is 13.2. The van der Waals surface area contributed by atoms with Gasteiger partial charge in [-0.1, -0.05) is 20.8 Å². The minimum Gasteiger partial charge on any atom is -0.481 e. The summed E-state index contributed by atoms with van der Waals surface area (Å²) >= 11 is 0. The van der Waals surface area contributed by atoms with Gasteiger partial charge in [-0.2, -0.15) is 5.10 Å². The SMILES string of the molecule is CCC1(C(=O)O)CCN(Cc2ncnn2CC(C)C)CC1. The molecular weight excluding hydrogens is 268 g/mol. The summed E-state index contributed by atoms with van der Waals surface area (Å²) < 4.78 is 1.96. The van der Waals surface area contributed by atoms with Gasteiger partial charge in [0.25, 0.3) is 0 Å². The third kappa shape index (κ3) is 3.61. The normalized spacial score (nSPS) is 19.0. The Hall–Kier alpha value is -1.43. The number of hydrogen-bond acceptors (Lipinski definition) is 4. The van der Waals surface area contributed by atoms with E-state index in [1.54, 1.807) is 6.33 Å². The maximum absolute atomic E-state index is 11.5. The highest BCUT2D eigenvalue weighted by atomic mass is 16.4. The van der Waals surface area contributed by atoms with Gasteiger partial charge in [-0.3, -0.25) is 9.69 Å². The number of aliphatic carboxylic acids is 1. The number of nitrogens with zero attached hydrogens (tertiary/aromatic N) is 4. The molecule has 0 spiro atoms. The van der Waals surface area contributed by atoms with Crippen LogP contribution in [0, 0.1) is 11.3 Å². The summed E-state index contributed by atoms with van der Waals surface area (Å²) in [5, 5.41) is 13.7. The lowest BCUT2D eigenvalue weighted by Crippen LogP contribution is -2.44. The van der Waals surface area contributed by atoms with Gasteiger partial charge < -0.3 is 5.11 Å². The van der Waals surface area contributed by atoms with E-state index >= 15 is 0 Å². The fraction of sp³-hybridized carbons (Fsp3) is 0.800. The van der Waals surface area contributed by atoms with Crippen molar-refractivity contribution in [2.75, 3.05) is 13.1 Å². The molecule has 118 valence electrons. The molecule has 1 aromatic rings. The number of piperidine rings is 1. The van der Waals surface area contributed by atoms with Gasteiger partial charge in [0.1, 0.15) is 12.2 Å². The molecule has 2 heterocycles. The van der Waals surface area contributed by atoms with E-state index in [0.717, 1.165) is 44.8 Å². The quantitative estimate of drug-likeness (QED) is 0.869. The van der Waals surface area contributed by atoms with Gasteiger partial charge >= 0.3 is 5.97 Å². The first-order valence-corrected chi connectivity index (χ1v) is 7.79.